The van der Waals surface area contributed by atoms with Crippen molar-refractivity contribution in [1.29, 1.82) is 0 Å². The summed E-state index contributed by atoms with van der Waals surface area (Å²) in [6, 6.07) is 5.65. The van der Waals surface area contributed by atoms with Crippen molar-refractivity contribution >= 4 is 12.0 Å². The fourth-order valence-electron chi connectivity index (χ4n) is 3.95. The molecule has 3 aliphatic heterocycles. The van der Waals surface area contributed by atoms with Gasteiger partial charge < -0.3 is 24.3 Å². The molecule has 3 aliphatic rings. The first-order valence-electron chi connectivity index (χ1n) is 9.96. The van der Waals surface area contributed by atoms with Crippen LogP contribution in [0, 0.1) is 5.41 Å². The normalized spacial score (nSPS) is 21.7. The van der Waals surface area contributed by atoms with E-state index in [2.05, 4.69) is 10.2 Å². The molecule has 1 aromatic rings. The van der Waals surface area contributed by atoms with Gasteiger partial charge >= 0.3 is 0 Å². The Morgan fingerprint density at radius 3 is 2.64 bits per heavy atom. The Labute approximate surface area is 165 Å². The van der Waals surface area contributed by atoms with Gasteiger partial charge in [0.05, 0.1) is 13.2 Å². The van der Waals surface area contributed by atoms with E-state index in [0.29, 0.717) is 12.3 Å². The summed E-state index contributed by atoms with van der Waals surface area (Å²) in [5, 5.41) is 3.11. The van der Waals surface area contributed by atoms with Gasteiger partial charge in [0.1, 0.15) is 0 Å². The van der Waals surface area contributed by atoms with Crippen LogP contribution in [0.25, 0.3) is 6.08 Å². The Balaban J connectivity index is 1.33. The highest BCUT2D eigenvalue weighted by molar-refractivity contribution is 5.91. The highest BCUT2D eigenvalue weighted by Gasteiger charge is 2.35. The lowest BCUT2D eigenvalue weighted by Crippen LogP contribution is -2.50. The summed E-state index contributed by atoms with van der Waals surface area (Å²) in [5.41, 5.74) is 0.978. The molecule has 2 saturated heterocycles. The van der Waals surface area contributed by atoms with E-state index >= 15 is 0 Å². The Morgan fingerprint density at radius 1 is 1.07 bits per heavy atom. The predicted molar refractivity (Wildman–Crippen MR) is 104 cm³/mol. The maximum Gasteiger partial charge on any atom is 0.244 e. The van der Waals surface area contributed by atoms with Gasteiger partial charge in [-0.3, -0.25) is 9.69 Å². The summed E-state index contributed by atoms with van der Waals surface area (Å²) < 4.78 is 21.7. The third-order valence-electron chi connectivity index (χ3n) is 5.68. The summed E-state index contributed by atoms with van der Waals surface area (Å²) >= 11 is 0. The zero-order valence-corrected chi connectivity index (χ0v) is 16.2. The van der Waals surface area contributed by atoms with Crippen molar-refractivity contribution < 1.29 is 23.7 Å². The molecule has 0 radical (unpaired) electrons. The number of carbonyl (C=O) groups is 1. The number of hydrogen-bond acceptors (Lipinski definition) is 6. The average molecular weight is 388 g/mol. The fraction of sp³-hybridized carbons (Fsp3) is 0.571. The minimum absolute atomic E-state index is 0.0673. The summed E-state index contributed by atoms with van der Waals surface area (Å²) in [6.45, 7) is 6.90. The lowest BCUT2D eigenvalue weighted by Gasteiger charge is -2.42. The third kappa shape index (κ3) is 4.84. The van der Waals surface area contributed by atoms with Crippen LogP contribution in [-0.2, 0) is 14.3 Å². The van der Waals surface area contributed by atoms with Gasteiger partial charge in [0, 0.05) is 50.9 Å². The molecule has 0 aromatic heterocycles. The van der Waals surface area contributed by atoms with Gasteiger partial charge in [0.25, 0.3) is 0 Å². The maximum atomic E-state index is 12.4. The largest absolute Gasteiger partial charge is 0.454 e. The SMILES string of the molecule is O=C(/C=C/c1ccc2c(c1)OCO2)NCC1(CN2CCOCC2)CCOCC1. The molecule has 0 spiro atoms. The molecule has 7 heteroatoms. The van der Waals surface area contributed by atoms with E-state index in [9.17, 15) is 4.79 Å². The van der Waals surface area contributed by atoms with Crippen molar-refractivity contribution in [2.24, 2.45) is 5.41 Å². The lowest BCUT2D eigenvalue weighted by molar-refractivity contribution is -0.117. The minimum Gasteiger partial charge on any atom is -0.454 e. The number of rotatable bonds is 6. The van der Waals surface area contributed by atoms with Crippen LogP contribution in [-0.4, -0.2) is 70.2 Å². The Bertz CT molecular complexity index is 709. The summed E-state index contributed by atoms with van der Waals surface area (Å²) in [6.07, 6.45) is 5.32. The van der Waals surface area contributed by atoms with Gasteiger partial charge in [0.2, 0.25) is 12.7 Å². The van der Waals surface area contributed by atoms with Crippen molar-refractivity contribution in [3.8, 4) is 11.5 Å². The summed E-state index contributed by atoms with van der Waals surface area (Å²) in [4.78, 5) is 14.9. The summed E-state index contributed by atoms with van der Waals surface area (Å²) in [7, 11) is 0. The lowest BCUT2D eigenvalue weighted by atomic mass is 9.79. The molecule has 0 aliphatic carbocycles. The number of ether oxygens (including phenoxy) is 4. The molecule has 28 heavy (non-hydrogen) atoms. The zero-order chi connectivity index (χ0) is 19.2. The first kappa shape index (κ1) is 19.2. The second-order valence-corrected chi connectivity index (χ2v) is 7.66. The van der Waals surface area contributed by atoms with Crippen LogP contribution in [0.15, 0.2) is 24.3 Å². The average Bonchev–Trinajstić information content (AvgIpc) is 3.20. The van der Waals surface area contributed by atoms with Gasteiger partial charge in [-0.2, -0.15) is 0 Å². The molecule has 1 N–H and O–H groups in total. The van der Waals surface area contributed by atoms with E-state index in [-0.39, 0.29) is 18.1 Å². The molecule has 1 aromatic carbocycles. The topological polar surface area (TPSA) is 69.3 Å². The zero-order valence-electron chi connectivity index (χ0n) is 16.2. The number of nitrogens with zero attached hydrogens (tertiary/aromatic N) is 1. The molecule has 0 unspecified atom stereocenters. The molecule has 0 saturated carbocycles. The number of morpholine rings is 1. The molecule has 3 heterocycles. The van der Waals surface area contributed by atoms with Gasteiger partial charge in [0.15, 0.2) is 11.5 Å². The minimum atomic E-state index is -0.0782. The van der Waals surface area contributed by atoms with Gasteiger partial charge in [-0.15, -0.1) is 0 Å². The molecule has 0 atom stereocenters. The standard InChI is InChI=1S/C21H28N2O5/c24-20(4-2-17-1-3-18-19(13-17)28-16-27-18)22-14-21(5-9-25-10-6-21)15-23-7-11-26-12-8-23/h1-4,13H,5-12,14-16H2,(H,22,24)/b4-2+. The molecule has 7 nitrogen and oxygen atoms in total. The van der Waals surface area contributed by atoms with Crippen LogP contribution in [0.5, 0.6) is 11.5 Å². The second-order valence-electron chi connectivity index (χ2n) is 7.66. The van der Waals surface area contributed by atoms with E-state index < -0.39 is 0 Å². The first-order chi connectivity index (χ1) is 13.7. The van der Waals surface area contributed by atoms with Gasteiger partial charge in [-0.05, 0) is 36.6 Å². The number of carbonyl (C=O) groups excluding carboxylic acids is 1. The number of benzene rings is 1. The molecular weight excluding hydrogens is 360 g/mol. The monoisotopic (exact) mass is 388 g/mol. The fourth-order valence-corrected chi connectivity index (χ4v) is 3.95. The Kier molecular flexibility index (Phi) is 6.14. The van der Waals surface area contributed by atoms with Gasteiger partial charge in [-0.1, -0.05) is 6.07 Å². The van der Waals surface area contributed by atoms with Crippen molar-refractivity contribution in [3.05, 3.63) is 29.8 Å². The second kappa shape index (κ2) is 8.94. The quantitative estimate of drug-likeness (QED) is 0.748. The number of nitrogens with one attached hydrogen (secondary N) is 1. The van der Waals surface area contributed by atoms with E-state index in [1.165, 1.54) is 0 Å². The summed E-state index contributed by atoms with van der Waals surface area (Å²) in [5.74, 6) is 1.38. The highest BCUT2D eigenvalue weighted by Crippen LogP contribution is 2.33. The third-order valence-corrected chi connectivity index (χ3v) is 5.68. The van der Waals surface area contributed by atoms with Crippen molar-refractivity contribution in [2.45, 2.75) is 12.8 Å². The van der Waals surface area contributed by atoms with Gasteiger partial charge in [-0.25, -0.2) is 0 Å². The Morgan fingerprint density at radius 2 is 1.82 bits per heavy atom. The Hall–Kier alpha value is -2.09. The van der Waals surface area contributed by atoms with Crippen LogP contribution in [0.1, 0.15) is 18.4 Å². The molecule has 1 amide bonds. The number of hydrogen-bond donors (Lipinski definition) is 1. The molecule has 4 rings (SSSR count). The van der Waals surface area contributed by atoms with E-state index in [1.54, 1.807) is 12.2 Å². The highest BCUT2D eigenvalue weighted by atomic mass is 16.7. The van der Waals surface area contributed by atoms with Crippen molar-refractivity contribution in [2.75, 3.05) is 59.4 Å². The maximum absolute atomic E-state index is 12.4. The molecule has 152 valence electrons. The molecule has 0 bridgehead atoms. The van der Waals surface area contributed by atoms with Crippen LogP contribution >= 0.6 is 0 Å². The van der Waals surface area contributed by atoms with Crippen LogP contribution in [0.2, 0.25) is 0 Å². The smallest absolute Gasteiger partial charge is 0.244 e. The van der Waals surface area contributed by atoms with Crippen molar-refractivity contribution in [1.82, 2.24) is 10.2 Å². The van der Waals surface area contributed by atoms with E-state index in [0.717, 1.165) is 70.2 Å². The predicted octanol–water partition coefficient (Wildman–Crippen LogP) is 1.67. The van der Waals surface area contributed by atoms with Crippen LogP contribution in [0.3, 0.4) is 0 Å². The van der Waals surface area contributed by atoms with Crippen LogP contribution < -0.4 is 14.8 Å². The van der Waals surface area contributed by atoms with E-state index in [1.807, 2.05) is 18.2 Å². The van der Waals surface area contributed by atoms with E-state index in [4.69, 9.17) is 18.9 Å². The van der Waals surface area contributed by atoms with Crippen LogP contribution in [0.4, 0.5) is 0 Å². The molecule has 2 fully saturated rings. The number of fused-ring (bicyclic) bond motifs is 1. The molecular formula is C21H28N2O5. The number of amides is 1. The first-order valence-corrected chi connectivity index (χ1v) is 9.96. The van der Waals surface area contributed by atoms with Crippen molar-refractivity contribution in [3.63, 3.8) is 0 Å².